The molecule has 0 aliphatic heterocycles. The van der Waals surface area contributed by atoms with Gasteiger partial charge in [-0.2, -0.15) is 0 Å². The van der Waals surface area contributed by atoms with Crippen molar-refractivity contribution in [2.24, 2.45) is 0 Å². The summed E-state index contributed by atoms with van der Waals surface area (Å²) >= 11 is 0. The SMILES string of the molecule is CCCCC/C=C\C=C\[C@H](O)CCCCCCCC(=O)OC[C@@H](COC(=O)CCCCCCC/C=C\C=C\[C@H](O)CCCCC)OC(=O)CCCCCCC/C=C\C=C\[C@H](O)CCCCC. The topological polar surface area (TPSA) is 140 Å². The number of carbonyl (C=O) groups excluding carboxylic acids is 3. The first kappa shape index (κ1) is 62.7. The number of unbranched alkanes of at least 4 members (excludes halogenated alkanes) is 21. The molecule has 0 rings (SSSR count). The summed E-state index contributed by atoms with van der Waals surface area (Å²) in [6.07, 6.45) is 52.3. The number of aliphatic hydroxyl groups is 3. The molecule has 4 atom stereocenters. The zero-order chi connectivity index (χ0) is 48.4. The summed E-state index contributed by atoms with van der Waals surface area (Å²) in [7, 11) is 0. The molecule has 0 amide bonds. The van der Waals surface area contributed by atoms with E-state index in [9.17, 15) is 29.7 Å². The van der Waals surface area contributed by atoms with E-state index in [0.29, 0.717) is 12.8 Å². The third-order valence-electron chi connectivity index (χ3n) is 11.5. The van der Waals surface area contributed by atoms with Crippen LogP contribution < -0.4 is 0 Å². The minimum atomic E-state index is -0.854. The Morgan fingerprint density at radius 3 is 1.08 bits per heavy atom. The van der Waals surface area contributed by atoms with Crippen LogP contribution in [0.5, 0.6) is 0 Å². The number of hydrogen-bond donors (Lipinski definition) is 3. The third-order valence-corrected chi connectivity index (χ3v) is 11.5. The maximum atomic E-state index is 12.8. The van der Waals surface area contributed by atoms with Crippen molar-refractivity contribution >= 4 is 17.9 Å². The first-order chi connectivity index (χ1) is 32.2. The van der Waals surface area contributed by atoms with E-state index >= 15 is 0 Å². The summed E-state index contributed by atoms with van der Waals surface area (Å²) in [4.78, 5) is 38.0. The second-order valence-electron chi connectivity index (χ2n) is 18.0. The fraction of sp³-hybridized carbons (Fsp3) is 0.737. The predicted molar refractivity (Wildman–Crippen MR) is 274 cm³/mol. The number of esters is 3. The fourth-order valence-corrected chi connectivity index (χ4v) is 7.26. The Balaban J connectivity index is 4.59. The Kier molecular flexibility index (Phi) is 47.2. The van der Waals surface area contributed by atoms with Crippen LogP contribution in [0.15, 0.2) is 72.9 Å². The van der Waals surface area contributed by atoms with Crippen molar-refractivity contribution in [2.75, 3.05) is 13.2 Å². The van der Waals surface area contributed by atoms with E-state index in [1.54, 1.807) is 0 Å². The molecule has 0 aromatic carbocycles. The summed E-state index contributed by atoms with van der Waals surface area (Å²) < 4.78 is 16.7. The quantitative estimate of drug-likeness (QED) is 0.0235. The Morgan fingerprint density at radius 1 is 0.379 bits per heavy atom. The molecule has 0 bridgehead atoms. The molecular weight excluding hydrogens is 829 g/mol. The van der Waals surface area contributed by atoms with Crippen LogP contribution in [-0.4, -0.2) is 70.9 Å². The number of aliphatic hydroxyl groups excluding tert-OH is 3. The summed E-state index contributed by atoms with van der Waals surface area (Å²) in [6.45, 7) is 6.22. The van der Waals surface area contributed by atoms with E-state index in [2.05, 4.69) is 39.0 Å². The first-order valence-electron chi connectivity index (χ1n) is 26.8. The van der Waals surface area contributed by atoms with Gasteiger partial charge in [-0.05, 0) is 77.0 Å². The summed E-state index contributed by atoms with van der Waals surface area (Å²) in [5.74, 6) is -1.10. The molecule has 0 saturated carbocycles. The van der Waals surface area contributed by atoms with E-state index in [1.165, 1.54) is 19.3 Å². The number of rotatable bonds is 47. The van der Waals surface area contributed by atoms with Gasteiger partial charge in [-0.25, -0.2) is 0 Å². The van der Waals surface area contributed by atoms with Crippen molar-refractivity contribution in [3.63, 3.8) is 0 Å². The molecule has 0 unspecified atom stereocenters. The van der Waals surface area contributed by atoms with E-state index in [-0.39, 0.29) is 62.6 Å². The van der Waals surface area contributed by atoms with Gasteiger partial charge in [0.2, 0.25) is 0 Å². The van der Waals surface area contributed by atoms with Crippen LogP contribution >= 0.6 is 0 Å². The Morgan fingerprint density at radius 2 is 0.682 bits per heavy atom. The van der Waals surface area contributed by atoms with Crippen LogP contribution in [0.3, 0.4) is 0 Å². The summed E-state index contributed by atoms with van der Waals surface area (Å²) in [5.41, 5.74) is 0. The maximum absolute atomic E-state index is 12.8. The lowest BCUT2D eigenvalue weighted by Gasteiger charge is -2.18. The molecule has 0 aromatic heterocycles. The van der Waals surface area contributed by atoms with Crippen molar-refractivity contribution in [1.29, 1.82) is 0 Å². The highest BCUT2D eigenvalue weighted by Crippen LogP contribution is 2.14. The average Bonchev–Trinajstić information content (AvgIpc) is 3.30. The van der Waals surface area contributed by atoms with Crippen molar-refractivity contribution < 1.29 is 43.9 Å². The van der Waals surface area contributed by atoms with Gasteiger partial charge in [0.1, 0.15) is 13.2 Å². The largest absolute Gasteiger partial charge is 0.462 e. The van der Waals surface area contributed by atoms with Gasteiger partial charge >= 0.3 is 17.9 Å². The van der Waals surface area contributed by atoms with Gasteiger partial charge in [-0.3, -0.25) is 14.4 Å². The van der Waals surface area contributed by atoms with Crippen molar-refractivity contribution in [2.45, 2.75) is 257 Å². The average molecular weight is 927 g/mol. The van der Waals surface area contributed by atoms with Gasteiger partial charge in [0.25, 0.3) is 0 Å². The molecule has 0 aliphatic carbocycles. The van der Waals surface area contributed by atoms with Gasteiger partial charge in [0.15, 0.2) is 6.10 Å². The van der Waals surface area contributed by atoms with E-state index in [0.717, 1.165) is 161 Å². The van der Waals surface area contributed by atoms with Gasteiger partial charge in [0, 0.05) is 19.3 Å². The minimum absolute atomic E-state index is 0.148. The van der Waals surface area contributed by atoms with Crippen LogP contribution in [0.4, 0.5) is 0 Å². The number of allylic oxidation sites excluding steroid dienone is 9. The molecule has 9 heteroatoms. The van der Waals surface area contributed by atoms with Crippen LogP contribution in [0, 0.1) is 0 Å². The van der Waals surface area contributed by atoms with Crippen molar-refractivity contribution in [3.05, 3.63) is 72.9 Å². The maximum Gasteiger partial charge on any atom is 0.306 e. The van der Waals surface area contributed by atoms with Gasteiger partial charge in [-0.1, -0.05) is 209 Å². The molecule has 66 heavy (non-hydrogen) atoms. The number of carbonyl (C=O) groups is 3. The molecule has 0 aromatic rings. The highest BCUT2D eigenvalue weighted by Gasteiger charge is 2.19. The molecule has 0 heterocycles. The van der Waals surface area contributed by atoms with Crippen LogP contribution in [-0.2, 0) is 28.6 Å². The summed E-state index contributed by atoms with van der Waals surface area (Å²) in [5, 5.41) is 30.2. The number of ether oxygens (including phenoxy) is 3. The molecule has 0 fully saturated rings. The van der Waals surface area contributed by atoms with Crippen LogP contribution in [0.25, 0.3) is 0 Å². The highest BCUT2D eigenvalue weighted by atomic mass is 16.6. The lowest BCUT2D eigenvalue weighted by atomic mass is 10.1. The highest BCUT2D eigenvalue weighted by molar-refractivity contribution is 5.71. The van der Waals surface area contributed by atoms with Gasteiger partial charge in [-0.15, -0.1) is 0 Å². The molecule has 0 aliphatic rings. The predicted octanol–water partition coefficient (Wildman–Crippen LogP) is 14.3. The normalized spacial score (nSPS) is 14.1. The molecule has 0 saturated heterocycles. The van der Waals surface area contributed by atoms with Crippen molar-refractivity contribution in [3.8, 4) is 0 Å². The minimum Gasteiger partial charge on any atom is -0.462 e. The van der Waals surface area contributed by atoms with Crippen LogP contribution in [0.1, 0.15) is 233 Å². The molecular formula is C57H98O9. The Hall–Kier alpha value is -3.27. The monoisotopic (exact) mass is 927 g/mol. The van der Waals surface area contributed by atoms with E-state index in [1.807, 2.05) is 54.7 Å². The van der Waals surface area contributed by atoms with E-state index in [4.69, 9.17) is 14.2 Å². The first-order valence-corrected chi connectivity index (χ1v) is 26.8. The molecule has 380 valence electrons. The second-order valence-corrected chi connectivity index (χ2v) is 18.0. The standard InChI is InChI=1S/C57H98O9/c1-4-7-10-11-18-24-33-44-53(60)45-36-27-23-30-38-47-56(62)65-50-54(66-57(63)48-39-29-22-17-13-15-20-26-35-43-52(59)41-32-9-6-3)49-64-55(61)46-37-28-21-16-12-14-19-25-34-42-51(58)40-31-8-5-2/h18-20,24-26,33-35,42-44,51-54,58-60H,4-17,21-23,27-32,36-41,45-50H2,1-3H3/b24-18-,25-19-,26-20-,42-34+,43-35+,44-33+/t51-,52-,53+,54-/m1/s1. The van der Waals surface area contributed by atoms with Gasteiger partial charge < -0.3 is 29.5 Å². The summed E-state index contributed by atoms with van der Waals surface area (Å²) in [6, 6.07) is 0. The van der Waals surface area contributed by atoms with E-state index < -0.39 is 12.2 Å². The van der Waals surface area contributed by atoms with Crippen molar-refractivity contribution in [1.82, 2.24) is 0 Å². The fourth-order valence-electron chi connectivity index (χ4n) is 7.26. The lowest BCUT2D eigenvalue weighted by Crippen LogP contribution is -2.30. The molecule has 9 nitrogen and oxygen atoms in total. The van der Waals surface area contributed by atoms with Crippen LogP contribution in [0.2, 0.25) is 0 Å². The van der Waals surface area contributed by atoms with Gasteiger partial charge in [0.05, 0.1) is 18.3 Å². The Labute approximate surface area is 403 Å². The Bertz CT molecular complexity index is 1300. The zero-order valence-corrected chi connectivity index (χ0v) is 42.3. The smallest absolute Gasteiger partial charge is 0.306 e. The molecule has 0 radical (unpaired) electrons. The molecule has 0 spiro atoms. The second kappa shape index (κ2) is 49.6. The number of hydrogen-bond acceptors (Lipinski definition) is 9. The third kappa shape index (κ3) is 47.2. The lowest BCUT2D eigenvalue weighted by molar-refractivity contribution is -0.167. The zero-order valence-electron chi connectivity index (χ0n) is 42.3. The molecule has 3 N–H and O–H groups in total.